The summed E-state index contributed by atoms with van der Waals surface area (Å²) in [5.74, 6) is 3.81. The van der Waals surface area contributed by atoms with Crippen LogP contribution in [0.5, 0.6) is 0 Å². The van der Waals surface area contributed by atoms with Gasteiger partial charge in [-0.3, -0.25) is 15.0 Å². The topological polar surface area (TPSA) is 158 Å². The molecule has 1 aliphatic rings. The molecule has 5 N–H and O–H groups in total. The molecule has 0 radical (unpaired) electrons. The van der Waals surface area contributed by atoms with Crippen LogP contribution < -0.4 is 21.9 Å². The van der Waals surface area contributed by atoms with Crippen molar-refractivity contribution in [3.8, 4) is 0 Å². The summed E-state index contributed by atoms with van der Waals surface area (Å²) in [4.78, 5) is 48.5. The second-order valence-corrected chi connectivity index (χ2v) is 10.6. The predicted octanol–water partition coefficient (Wildman–Crippen LogP) is 4.19. The van der Waals surface area contributed by atoms with Crippen LogP contribution in [0.15, 0.2) is 71.2 Å². The molecule has 1 heterocycles. The number of halogens is 1. The number of carbonyl (C=O) groups excluding carboxylic acids is 4. The maximum absolute atomic E-state index is 12.7. The standard InChI is InChI=1S/C30H43ClN4O7/c1-19(2)27(28(37)33-17-9-11-23(14-13-22(5)31)41-30(39)35-32)34-26(36)12-8-7-10-20(3)18-21(4)24-15-16-25(40-6)29(38)42-24/h7-10,12-13,16-19,21,23-24,27H,11,14-15,32H2,1-6H3,(H,33,37)(H,34,36)(H,35,39)/b10-7+,12-8-,17-9-,20-18+,22-13+. The predicted molar refractivity (Wildman–Crippen MR) is 161 cm³/mol. The van der Waals surface area contributed by atoms with Gasteiger partial charge in [-0.2, -0.15) is 0 Å². The summed E-state index contributed by atoms with van der Waals surface area (Å²) in [6, 6.07) is -0.777. The van der Waals surface area contributed by atoms with Crippen molar-refractivity contribution in [1.29, 1.82) is 0 Å². The lowest BCUT2D eigenvalue weighted by atomic mass is 9.97. The monoisotopic (exact) mass is 606 g/mol. The van der Waals surface area contributed by atoms with Gasteiger partial charge in [0.25, 0.3) is 0 Å². The Bertz CT molecular complexity index is 1120. The minimum Gasteiger partial charge on any atom is -0.490 e. The lowest BCUT2D eigenvalue weighted by molar-refractivity contribution is -0.151. The molecular weight excluding hydrogens is 564 g/mol. The molecule has 0 aliphatic carbocycles. The molecule has 3 amide bonds. The van der Waals surface area contributed by atoms with Gasteiger partial charge >= 0.3 is 12.1 Å². The van der Waals surface area contributed by atoms with Gasteiger partial charge in [0, 0.05) is 36.3 Å². The van der Waals surface area contributed by atoms with Gasteiger partial charge in [0.2, 0.25) is 11.8 Å². The van der Waals surface area contributed by atoms with Crippen LogP contribution in [0.3, 0.4) is 0 Å². The molecule has 232 valence electrons. The maximum Gasteiger partial charge on any atom is 0.421 e. The Morgan fingerprint density at radius 2 is 1.86 bits per heavy atom. The Labute approximate surface area is 252 Å². The van der Waals surface area contributed by atoms with E-state index in [1.807, 2.05) is 45.3 Å². The number of rotatable bonds is 15. The molecule has 1 rings (SSSR count). The summed E-state index contributed by atoms with van der Waals surface area (Å²) in [7, 11) is 1.43. The molecule has 0 aromatic rings. The second-order valence-electron chi connectivity index (χ2n) is 10.0. The Morgan fingerprint density at radius 3 is 2.45 bits per heavy atom. The van der Waals surface area contributed by atoms with E-state index in [2.05, 4.69) is 10.6 Å². The third-order valence-corrected chi connectivity index (χ3v) is 6.24. The zero-order valence-electron chi connectivity index (χ0n) is 25.0. The van der Waals surface area contributed by atoms with Crippen molar-refractivity contribution < 1.29 is 33.4 Å². The first kappa shape index (κ1) is 36.2. The van der Waals surface area contributed by atoms with Crippen molar-refractivity contribution in [3.63, 3.8) is 0 Å². The highest BCUT2D eigenvalue weighted by Crippen LogP contribution is 2.22. The van der Waals surface area contributed by atoms with Gasteiger partial charge in [-0.25, -0.2) is 15.4 Å². The molecule has 0 bridgehead atoms. The third kappa shape index (κ3) is 14.2. The number of nitrogens with one attached hydrogen (secondary N) is 3. The first-order valence-electron chi connectivity index (χ1n) is 13.6. The van der Waals surface area contributed by atoms with E-state index in [0.29, 0.717) is 24.3 Å². The number of hydrogen-bond acceptors (Lipinski definition) is 8. The number of hydrogen-bond donors (Lipinski definition) is 4. The Hall–Kier alpha value is -3.83. The van der Waals surface area contributed by atoms with Crippen LogP contribution in [0.2, 0.25) is 0 Å². The van der Waals surface area contributed by atoms with E-state index in [4.69, 9.17) is 31.7 Å². The second kappa shape index (κ2) is 19.3. The van der Waals surface area contributed by atoms with E-state index in [0.717, 1.165) is 5.57 Å². The molecule has 1 aliphatic heterocycles. The van der Waals surface area contributed by atoms with Crippen LogP contribution in [0, 0.1) is 11.8 Å². The molecule has 11 nitrogen and oxygen atoms in total. The summed E-state index contributed by atoms with van der Waals surface area (Å²) in [6.45, 7) is 9.21. The number of ether oxygens (including phenoxy) is 3. The van der Waals surface area contributed by atoms with Gasteiger partial charge in [-0.15, -0.1) is 0 Å². The van der Waals surface area contributed by atoms with E-state index in [1.54, 1.807) is 37.3 Å². The SMILES string of the molecule is COC1=CCC(C(C)/C=C(C)/C=C/C=C\C(=O)NC(C(=O)N/C=C\CC(C/C=C(\C)Cl)OC(=O)NN)C(C)C)OC1=O. The molecule has 0 fully saturated rings. The van der Waals surface area contributed by atoms with Crippen molar-refractivity contribution in [2.75, 3.05) is 7.11 Å². The lowest BCUT2D eigenvalue weighted by Crippen LogP contribution is -2.48. The Balaban J connectivity index is 2.64. The average molecular weight is 607 g/mol. The van der Waals surface area contributed by atoms with Gasteiger partial charge in [0.15, 0.2) is 5.76 Å². The fraction of sp³-hybridized carbons (Fsp3) is 0.467. The van der Waals surface area contributed by atoms with Crippen molar-refractivity contribution in [3.05, 3.63) is 71.2 Å². The summed E-state index contributed by atoms with van der Waals surface area (Å²) in [5.41, 5.74) is 2.84. The number of cyclic esters (lactones) is 1. The molecule has 0 saturated heterocycles. The zero-order valence-corrected chi connectivity index (χ0v) is 25.8. The Kier molecular flexibility index (Phi) is 16.7. The number of nitrogens with two attached hydrogens (primary N) is 1. The van der Waals surface area contributed by atoms with Crippen molar-refractivity contribution in [2.45, 2.75) is 72.1 Å². The number of methoxy groups -OCH3 is 1. The minimum absolute atomic E-state index is 0.0181. The summed E-state index contributed by atoms with van der Waals surface area (Å²) >= 11 is 5.85. The minimum atomic E-state index is -0.782. The lowest BCUT2D eigenvalue weighted by Gasteiger charge is -2.25. The normalized spacial score (nSPS) is 18.5. The fourth-order valence-electron chi connectivity index (χ4n) is 3.83. The highest BCUT2D eigenvalue weighted by molar-refractivity contribution is 6.29. The smallest absolute Gasteiger partial charge is 0.421 e. The van der Waals surface area contributed by atoms with Crippen LogP contribution in [0.25, 0.3) is 0 Å². The van der Waals surface area contributed by atoms with Crippen LogP contribution in [-0.4, -0.2) is 49.2 Å². The molecule has 0 spiro atoms. The van der Waals surface area contributed by atoms with Gasteiger partial charge in [0.05, 0.1) is 7.11 Å². The highest BCUT2D eigenvalue weighted by Gasteiger charge is 2.27. The molecule has 0 aromatic heterocycles. The molecule has 12 heteroatoms. The van der Waals surface area contributed by atoms with E-state index in [-0.39, 0.29) is 23.7 Å². The number of carbonyl (C=O) groups is 4. The molecular formula is C30H43ClN4O7. The zero-order chi connectivity index (χ0) is 31.7. The number of hydrazine groups is 1. The van der Waals surface area contributed by atoms with Crippen LogP contribution in [-0.2, 0) is 28.6 Å². The van der Waals surface area contributed by atoms with Crippen LogP contribution in [0.4, 0.5) is 4.79 Å². The molecule has 0 saturated carbocycles. The maximum atomic E-state index is 12.7. The first-order valence-corrected chi connectivity index (χ1v) is 14.0. The third-order valence-electron chi connectivity index (χ3n) is 6.09. The largest absolute Gasteiger partial charge is 0.490 e. The number of allylic oxidation sites excluding steroid dienone is 5. The van der Waals surface area contributed by atoms with Crippen molar-refractivity contribution in [1.82, 2.24) is 16.1 Å². The van der Waals surface area contributed by atoms with Crippen molar-refractivity contribution in [2.24, 2.45) is 17.7 Å². The molecule has 4 atom stereocenters. The molecule has 4 unspecified atom stereocenters. The average Bonchev–Trinajstić information content (AvgIpc) is 2.94. The van der Waals surface area contributed by atoms with Crippen LogP contribution in [0.1, 0.15) is 53.9 Å². The molecule has 0 aromatic carbocycles. The van der Waals surface area contributed by atoms with Gasteiger partial charge in [-0.1, -0.05) is 74.4 Å². The quantitative estimate of drug-likeness (QED) is 0.0539. The first-order chi connectivity index (χ1) is 19.9. The fourth-order valence-corrected chi connectivity index (χ4v) is 3.91. The summed E-state index contributed by atoms with van der Waals surface area (Å²) in [6.07, 6.45) is 14.6. The van der Waals surface area contributed by atoms with E-state index in [1.165, 1.54) is 19.4 Å². The van der Waals surface area contributed by atoms with E-state index < -0.39 is 36.0 Å². The summed E-state index contributed by atoms with van der Waals surface area (Å²) in [5, 5.41) is 5.91. The van der Waals surface area contributed by atoms with E-state index >= 15 is 0 Å². The number of esters is 1. The van der Waals surface area contributed by atoms with Gasteiger partial charge < -0.3 is 24.8 Å². The van der Waals surface area contributed by atoms with Gasteiger partial charge in [0.1, 0.15) is 18.2 Å². The number of amides is 3. The van der Waals surface area contributed by atoms with Gasteiger partial charge in [-0.05, 0) is 32.0 Å². The van der Waals surface area contributed by atoms with Crippen LogP contribution >= 0.6 is 11.6 Å². The Morgan fingerprint density at radius 1 is 1.17 bits per heavy atom. The van der Waals surface area contributed by atoms with Crippen molar-refractivity contribution >= 4 is 35.5 Å². The molecule has 42 heavy (non-hydrogen) atoms. The van der Waals surface area contributed by atoms with E-state index in [9.17, 15) is 19.2 Å². The highest BCUT2D eigenvalue weighted by atomic mass is 35.5. The summed E-state index contributed by atoms with van der Waals surface area (Å²) < 4.78 is 15.6.